The Kier molecular flexibility index (Phi) is 7.71. The molecular formula is C24H44N2O6Si. The molecule has 0 aromatic heterocycles. The van der Waals surface area contributed by atoms with Crippen molar-refractivity contribution in [3.8, 4) is 0 Å². The quantitative estimate of drug-likeness (QED) is 0.514. The van der Waals surface area contributed by atoms with Crippen LogP contribution in [0.25, 0.3) is 0 Å². The first-order valence-corrected chi connectivity index (χ1v) is 14.8. The topological polar surface area (TPSA) is 85.4 Å². The van der Waals surface area contributed by atoms with Gasteiger partial charge in [0.15, 0.2) is 8.32 Å². The van der Waals surface area contributed by atoms with Gasteiger partial charge in [-0.1, -0.05) is 20.8 Å². The van der Waals surface area contributed by atoms with Gasteiger partial charge in [0.1, 0.15) is 11.2 Å². The number of imide groups is 1. The van der Waals surface area contributed by atoms with E-state index in [4.69, 9.17) is 13.9 Å². The molecule has 0 aromatic rings. The van der Waals surface area contributed by atoms with Gasteiger partial charge in [-0.2, -0.15) is 0 Å². The van der Waals surface area contributed by atoms with Gasteiger partial charge in [0.05, 0.1) is 6.10 Å². The maximum Gasteiger partial charge on any atom is 0.417 e. The van der Waals surface area contributed by atoms with Gasteiger partial charge < -0.3 is 18.8 Å². The first kappa shape index (κ1) is 27.6. The summed E-state index contributed by atoms with van der Waals surface area (Å²) in [5.74, 6) is -0.460. The number of rotatable bonds is 3. The van der Waals surface area contributed by atoms with E-state index < -0.39 is 31.7 Å². The van der Waals surface area contributed by atoms with Gasteiger partial charge in [-0.05, 0) is 66.1 Å². The van der Waals surface area contributed by atoms with E-state index in [1.807, 2.05) is 20.8 Å². The lowest BCUT2D eigenvalue weighted by Crippen LogP contribution is -2.45. The van der Waals surface area contributed by atoms with Crippen LogP contribution in [0.1, 0.15) is 75.2 Å². The number of carbonyl (C=O) groups excluding carboxylic acids is 3. The summed E-state index contributed by atoms with van der Waals surface area (Å²) in [6.45, 7) is 22.4. The third-order valence-corrected chi connectivity index (χ3v) is 11.0. The minimum Gasteiger partial charge on any atom is -0.444 e. The highest BCUT2D eigenvalue weighted by Gasteiger charge is 2.49. The largest absolute Gasteiger partial charge is 0.444 e. The van der Waals surface area contributed by atoms with Gasteiger partial charge in [0, 0.05) is 31.5 Å². The fraction of sp³-hybridized carbons (Fsp3) is 0.875. The molecule has 0 aromatic carbocycles. The van der Waals surface area contributed by atoms with Crippen LogP contribution in [0.2, 0.25) is 18.1 Å². The van der Waals surface area contributed by atoms with Crippen LogP contribution in [0.4, 0.5) is 9.59 Å². The van der Waals surface area contributed by atoms with E-state index in [1.165, 1.54) is 4.90 Å². The Morgan fingerprint density at radius 1 is 0.879 bits per heavy atom. The molecule has 3 atom stereocenters. The monoisotopic (exact) mass is 484 g/mol. The van der Waals surface area contributed by atoms with Crippen molar-refractivity contribution in [2.24, 2.45) is 5.92 Å². The SMILES string of the molecule is CC(C)(C)OC(=O)N1CC([C@@H]2C[C@@H](O[Si](C)(C)C(C)(C)C)CN2C(=O)OC(C)(C)C)CC1=O. The molecule has 0 aliphatic carbocycles. The van der Waals surface area contributed by atoms with Gasteiger partial charge in [-0.25, -0.2) is 14.5 Å². The van der Waals surface area contributed by atoms with Crippen LogP contribution in [0.5, 0.6) is 0 Å². The summed E-state index contributed by atoms with van der Waals surface area (Å²) in [5, 5.41) is 0.0403. The van der Waals surface area contributed by atoms with Gasteiger partial charge in [0.25, 0.3) is 0 Å². The Hall–Kier alpha value is -1.61. The second-order valence-electron chi connectivity index (χ2n) is 12.9. The number of likely N-dealkylation sites (tertiary alicyclic amines) is 2. The zero-order valence-electron chi connectivity index (χ0n) is 22.4. The normalized spacial score (nSPS) is 24.9. The molecule has 1 unspecified atom stereocenters. The molecule has 3 amide bonds. The fourth-order valence-corrected chi connectivity index (χ4v) is 5.33. The smallest absolute Gasteiger partial charge is 0.417 e. The average Bonchev–Trinajstić information content (AvgIpc) is 3.13. The van der Waals surface area contributed by atoms with Crippen molar-refractivity contribution in [2.45, 2.75) is 117 Å². The molecule has 8 nitrogen and oxygen atoms in total. The maximum atomic E-state index is 13.1. The summed E-state index contributed by atoms with van der Waals surface area (Å²) in [6.07, 6.45) is -0.362. The van der Waals surface area contributed by atoms with Crippen molar-refractivity contribution < 1.29 is 28.3 Å². The third-order valence-electron chi connectivity index (χ3n) is 6.51. The fourth-order valence-electron chi connectivity index (χ4n) is 3.97. The van der Waals surface area contributed by atoms with E-state index in [1.54, 1.807) is 25.7 Å². The maximum absolute atomic E-state index is 13.1. The Morgan fingerprint density at radius 3 is 1.88 bits per heavy atom. The summed E-state index contributed by atoms with van der Waals surface area (Å²) >= 11 is 0. The van der Waals surface area contributed by atoms with Gasteiger partial charge >= 0.3 is 12.2 Å². The number of carbonyl (C=O) groups is 3. The molecule has 33 heavy (non-hydrogen) atoms. The van der Waals surface area contributed by atoms with Crippen molar-refractivity contribution in [2.75, 3.05) is 13.1 Å². The Bertz CT molecular complexity index is 762. The summed E-state index contributed by atoms with van der Waals surface area (Å²) < 4.78 is 17.7. The molecule has 2 aliphatic heterocycles. The second kappa shape index (κ2) is 9.21. The minimum atomic E-state index is -2.05. The van der Waals surface area contributed by atoms with Gasteiger partial charge in [-0.3, -0.25) is 4.79 Å². The predicted octanol–water partition coefficient (Wildman–Crippen LogP) is 5.17. The first-order chi connectivity index (χ1) is 14.7. The van der Waals surface area contributed by atoms with Crippen molar-refractivity contribution >= 4 is 26.4 Å². The lowest BCUT2D eigenvalue weighted by molar-refractivity contribution is -0.127. The highest BCUT2D eigenvalue weighted by Crippen LogP contribution is 2.40. The summed E-state index contributed by atoms with van der Waals surface area (Å²) in [4.78, 5) is 41.2. The number of hydrogen-bond acceptors (Lipinski definition) is 6. The first-order valence-electron chi connectivity index (χ1n) is 11.9. The summed E-state index contributed by atoms with van der Waals surface area (Å²) in [7, 11) is -2.05. The second-order valence-corrected chi connectivity index (χ2v) is 17.6. The van der Waals surface area contributed by atoms with E-state index in [0.29, 0.717) is 13.0 Å². The molecule has 0 spiro atoms. The summed E-state index contributed by atoms with van der Waals surface area (Å²) in [5.41, 5.74) is -1.32. The molecule has 0 bridgehead atoms. The predicted molar refractivity (Wildman–Crippen MR) is 129 cm³/mol. The minimum absolute atomic E-state index is 0.0403. The molecule has 0 N–H and O–H groups in total. The lowest BCUT2D eigenvalue weighted by atomic mass is 9.96. The van der Waals surface area contributed by atoms with Crippen molar-refractivity contribution in [3.05, 3.63) is 0 Å². The molecule has 190 valence electrons. The van der Waals surface area contributed by atoms with E-state index >= 15 is 0 Å². The average molecular weight is 485 g/mol. The van der Waals surface area contributed by atoms with Crippen LogP contribution in [0, 0.1) is 5.92 Å². The highest BCUT2D eigenvalue weighted by atomic mass is 28.4. The Morgan fingerprint density at radius 2 is 1.39 bits per heavy atom. The third kappa shape index (κ3) is 7.18. The highest BCUT2D eigenvalue weighted by molar-refractivity contribution is 6.74. The Labute approximate surface area is 200 Å². The molecule has 2 rings (SSSR count). The van der Waals surface area contributed by atoms with Crippen LogP contribution in [0.3, 0.4) is 0 Å². The van der Waals surface area contributed by atoms with Crippen LogP contribution in [-0.4, -0.2) is 72.6 Å². The van der Waals surface area contributed by atoms with Crippen molar-refractivity contribution in [3.63, 3.8) is 0 Å². The standard InChI is InChI=1S/C24H44N2O6Si/c1-22(2,3)30-20(28)25-15-17(32-33(10,11)24(7,8)9)13-18(25)16-12-19(27)26(14-16)21(29)31-23(4,5)6/h16-18H,12-15H2,1-11H3/t16?,17-,18+/m1/s1. The van der Waals surface area contributed by atoms with Gasteiger partial charge in [0.2, 0.25) is 5.91 Å². The van der Waals surface area contributed by atoms with E-state index in [2.05, 4.69) is 33.9 Å². The molecule has 0 saturated carbocycles. The molecule has 2 fully saturated rings. The van der Waals surface area contributed by atoms with E-state index in [0.717, 1.165) is 0 Å². The number of hydrogen-bond donors (Lipinski definition) is 0. The van der Waals surface area contributed by atoms with Crippen LogP contribution >= 0.6 is 0 Å². The lowest BCUT2D eigenvalue weighted by Gasteiger charge is -2.38. The Balaban J connectivity index is 2.23. The van der Waals surface area contributed by atoms with E-state index in [-0.39, 0.29) is 42.0 Å². The number of ether oxygens (including phenoxy) is 2. The molecule has 2 saturated heterocycles. The zero-order chi connectivity index (χ0) is 25.6. The van der Waals surface area contributed by atoms with Crippen LogP contribution in [-0.2, 0) is 18.7 Å². The number of amides is 3. The molecule has 2 aliphatic rings. The van der Waals surface area contributed by atoms with Crippen molar-refractivity contribution in [1.82, 2.24) is 9.80 Å². The molecule has 9 heteroatoms. The van der Waals surface area contributed by atoms with Crippen LogP contribution < -0.4 is 0 Å². The number of nitrogens with zero attached hydrogens (tertiary/aromatic N) is 2. The zero-order valence-corrected chi connectivity index (χ0v) is 23.4. The van der Waals surface area contributed by atoms with Crippen molar-refractivity contribution in [1.29, 1.82) is 0 Å². The van der Waals surface area contributed by atoms with Gasteiger partial charge in [-0.15, -0.1) is 0 Å². The van der Waals surface area contributed by atoms with E-state index in [9.17, 15) is 14.4 Å². The summed E-state index contributed by atoms with van der Waals surface area (Å²) in [6, 6.07) is -0.244. The molecular weight excluding hydrogens is 440 g/mol. The van der Waals surface area contributed by atoms with Crippen LogP contribution in [0.15, 0.2) is 0 Å². The molecule has 0 radical (unpaired) electrons. The molecule has 2 heterocycles.